The average Bonchev–Trinajstić information content (AvgIpc) is 2.42. The zero-order chi connectivity index (χ0) is 14.3. The van der Waals surface area contributed by atoms with Crippen molar-refractivity contribution < 1.29 is 24.2 Å². The van der Waals surface area contributed by atoms with Crippen molar-refractivity contribution in [2.75, 3.05) is 13.7 Å². The Kier molecular flexibility index (Phi) is 5.40. The lowest BCUT2D eigenvalue weighted by molar-refractivity contribution is 0.0696. The van der Waals surface area contributed by atoms with Gasteiger partial charge in [0.1, 0.15) is 12.4 Å². The van der Waals surface area contributed by atoms with Crippen LogP contribution >= 0.6 is 0 Å². The minimum atomic E-state index is -1.04. The molecule has 0 aromatic heterocycles. The highest BCUT2D eigenvalue weighted by atomic mass is 16.5. The molecular weight excluding hydrogens is 250 g/mol. The fourth-order valence-electron chi connectivity index (χ4n) is 1.38. The molecule has 0 bridgehead atoms. The first-order chi connectivity index (χ1) is 9.08. The van der Waals surface area contributed by atoms with Crippen molar-refractivity contribution in [2.24, 2.45) is 0 Å². The lowest BCUT2D eigenvalue weighted by Crippen LogP contribution is -2.24. The normalized spacial score (nSPS) is 9.53. The maximum Gasteiger partial charge on any atom is 0.407 e. The third-order valence-corrected chi connectivity index (χ3v) is 2.29. The first-order valence-electron chi connectivity index (χ1n) is 5.50. The summed E-state index contributed by atoms with van der Waals surface area (Å²) >= 11 is 0. The third kappa shape index (κ3) is 4.34. The van der Waals surface area contributed by atoms with Crippen LogP contribution in [0, 0.1) is 0 Å². The molecule has 0 saturated carbocycles. The van der Waals surface area contributed by atoms with Crippen LogP contribution in [0.25, 0.3) is 0 Å². The highest BCUT2D eigenvalue weighted by Gasteiger charge is 2.10. The monoisotopic (exact) mass is 265 g/mol. The van der Waals surface area contributed by atoms with E-state index in [1.165, 1.54) is 25.3 Å². The molecule has 19 heavy (non-hydrogen) atoms. The number of benzene rings is 1. The Balaban J connectivity index is 2.70. The number of hydrogen-bond acceptors (Lipinski definition) is 4. The summed E-state index contributed by atoms with van der Waals surface area (Å²) in [6.07, 6.45) is 0.881. The first kappa shape index (κ1) is 14.6. The summed E-state index contributed by atoms with van der Waals surface area (Å²) in [7, 11) is 1.43. The Hall–Kier alpha value is -2.50. The van der Waals surface area contributed by atoms with Crippen LogP contribution in [0.15, 0.2) is 30.9 Å². The smallest absolute Gasteiger partial charge is 0.407 e. The summed E-state index contributed by atoms with van der Waals surface area (Å²) in [4.78, 5) is 22.0. The molecule has 0 aliphatic heterocycles. The van der Waals surface area contributed by atoms with Gasteiger partial charge in [-0.2, -0.15) is 0 Å². The molecule has 0 unspecified atom stereocenters. The predicted molar refractivity (Wildman–Crippen MR) is 68.3 cm³/mol. The van der Waals surface area contributed by atoms with Crippen LogP contribution in [0.2, 0.25) is 0 Å². The van der Waals surface area contributed by atoms with Gasteiger partial charge in [-0.25, -0.2) is 9.59 Å². The average molecular weight is 265 g/mol. The summed E-state index contributed by atoms with van der Waals surface area (Å²) in [6.45, 7) is 3.73. The van der Waals surface area contributed by atoms with E-state index in [1.807, 2.05) is 0 Å². The molecule has 0 heterocycles. The molecule has 6 heteroatoms. The Labute approximate surface area is 110 Å². The molecule has 0 atom stereocenters. The Morgan fingerprint density at radius 2 is 2.21 bits per heavy atom. The summed E-state index contributed by atoms with van der Waals surface area (Å²) in [5.41, 5.74) is 0.776. The number of carbonyl (C=O) groups excluding carboxylic acids is 1. The second-order valence-corrected chi connectivity index (χ2v) is 3.57. The minimum absolute atomic E-state index is 0.120. The number of alkyl carbamates (subject to hydrolysis) is 1. The zero-order valence-electron chi connectivity index (χ0n) is 10.5. The van der Waals surface area contributed by atoms with Crippen LogP contribution in [0.5, 0.6) is 5.75 Å². The second-order valence-electron chi connectivity index (χ2n) is 3.57. The number of rotatable bonds is 6. The van der Waals surface area contributed by atoms with E-state index < -0.39 is 12.1 Å². The molecule has 6 nitrogen and oxygen atoms in total. The molecule has 2 N–H and O–H groups in total. The van der Waals surface area contributed by atoms with Crippen LogP contribution < -0.4 is 10.1 Å². The molecule has 0 aliphatic carbocycles. The summed E-state index contributed by atoms with van der Waals surface area (Å²) in [5, 5.41) is 11.4. The van der Waals surface area contributed by atoms with Crippen LogP contribution in [0.4, 0.5) is 4.79 Å². The lowest BCUT2D eigenvalue weighted by Gasteiger charge is -2.10. The Morgan fingerprint density at radius 3 is 2.79 bits per heavy atom. The van der Waals surface area contributed by atoms with Crippen molar-refractivity contribution in [3.05, 3.63) is 42.0 Å². The van der Waals surface area contributed by atoms with Gasteiger partial charge in [0.15, 0.2) is 0 Å². The van der Waals surface area contributed by atoms with Gasteiger partial charge in [0.2, 0.25) is 0 Å². The zero-order valence-corrected chi connectivity index (χ0v) is 10.5. The van der Waals surface area contributed by atoms with Gasteiger partial charge < -0.3 is 19.9 Å². The summed E-state index contributed by atoms with van der Waals surface area (Å²) in [5.74, 6) is -0.646. The third-order valence-electron chi connectivity index (χ3n) is 2.29. The van der Waals surface area contributed by atoms with Gasteiger partial charge in [-0.3, -0.25) is 0 Å². The van der Waals surface area contributed by atoms with Crippen molar-refractivity contribution in [1.29, 1.82) is 0 Å². The number of methoxy groups -OCH3 is 1. The van der Waals surface area contributed by atoms with Gasteiger partial charge in [0.05, 0.1) is 12.7 Å². The molecule has 1 amide bonds. The summed E-state index contributed by atoms with van der Waals surface area (Å²) in [6, 6.07) is 4.42. The predicted octanol–water partition coefficient (Wildman–Crippen LogP) is 1.81. The number of hydrogen-bond donors (Lipinski definition) is 2. The molecule has 0 saturated heterocycles. The fourth-order valence-corrected chi connectivity index (χ4v) is 1.38. The highest BCUT2D eigenvalue weighted by molar-refractivity contribution is 5.88. The lowest BCUT2D eigenvalue weighted by atomic mass is 10.1. The maximum atomic E-state index is 11.2. The van der Waals surface area contributed by atoms with Crippen LogP contribution in [-0.4, -0.2) is 30.9 Å². The SMILES string of the molecule is C=CCOC(=O)NCc1ccc(C(=O)O)cc1OC. The number of ether oxygens (including phenoxy) is 2. The van der Waals surface area contributed by atoms with Gasteiger partial charge in [0, 0.05) is 12.1 Å². The van der Waals surface area contributed by atoms with Gasteiger partial charge in [0.25, 0.3) is 0 Å². The van der Waals surface area contributed by atoms with E-state index in [0.717, 1.165) is 0 Å². The van der Waals surface area contributed by atoms with E-state index in [0.29, 0.717) is 11.3 Å². The number of aromatic carboxylic acids is 1. The molecule has 0 spiro atoms. The van der Waals surface area contributed by atoms with E-state index in [-0.39, 0.29) is 18.7 Å². The molecule has 0 radical (unpaired) electrons. The van der Waals surface area contributed by atoms with E-state index in [1.54, 1.807) is 6.07 Å². The van der Waals surface area contributed by atoms with Crippen LogP contribution in [0.3, 0.4) is 0 Å². The molecule has 0 aliphatic rings. The number of carboxylic acid groups (broad SMARTS) is 1. The molecular formula is C13H15NO5. The molecule has 102 valence electrons. The highest BCUT2D eigenvalue weighted by Crippen LogP contribution is 2.20. The molecule has 1 aromatic carbocycles. The molecule has 1 aromatic rings. The minimum Gasteiger partial charge on any atom is -0.496 e. The largest absolute Gasteiger partial charge is 0.496 e. The number of nitrogens with one attached hydrogen (secondary N) is 1. The van der Waals surface area contributed by atoms with E-state index >= 15 is 0 Å². The van der Waals surface area contributed by atoms with E-state index in [2.05, 4.69) is 11.9 Å². The summed E-state index contributed by atoms with van der Waals surface area (Å²) < 4.78 is 9.82. The van der Waals surface area contributed by atoms with Crippen molar-refractivity contribution in [3.63, 3.8) is 0 Å². The number of amides is 1. The molecule has 0 fully saturated rings. The van der Waals surface area contributed by atoms with Crippen molar-refractivity contribution in [3.8, 4) is 5.75 Å². The van der Waals surface area contributed by atoms with Crippen molar-refractivity contribution >= 4 is 12.1 Å². The molecule has 1 rings (SSSR count). The Morgan fingerprint density at radius 1 is 1.47 bits per heavy atom. The second kappa shape index (κ2) is 7.05. The van der Waals surface area contributed by atoms with Gasteiger partial charge in [-0.05, 0) is 12.1 Å². The first-order valence-corrected chi connectivity index (χ1v) is 5.50. The van der Waals surface area contributed by atoms with Crippen molar-refractivity contribution in [1.82, 2.24) is 5.32 Å². The van der Waals surface area contributed by atoms with E-state index in [9.17, 15) is 9.59 Å². The number of carbonyl (C=O) groups is 2. The number of carboxylic acids is 1. The quantitative estimate of drug-likeness (QED) is 0.766. The van der Waals surface area contributed by atoms with E-state index in [4.69, 9.17) is 14.6 Å². The maximum absolute atomic E-state index is 11.2. The standard InChI is InChI=1S/C13H15NO5/c1-3-6-19-13(17)14-8-10-5-4-9(12(15)16)7-11(10)18-2/h3-5,7H,1,6,8H2,2H3,(H,14,17)(H,15,16). The van der Waals surface area contributed by atoms with Crippen LogP contribution in [0.1, 0.15) is 15.9 Å². The van der Waals surface area contributed by atoms with Crippen molar-refractivity contribution in [2.45, 2.75) is 6.54 Å². The Bertz CT molecular complexity index is 484. The van der Waals surface area contributed by atoms with Gasteiger partial charge >= 0.3 is 12.1 Å². The topological polar surface area (TPSA) is 84.9 Å². The van der Waals surface area contributed by atoms with Gasteiger partial charge in [-0.1, -0.05) is 18.7 Å². The van der Waals surface area contributed by atoms with Crippen LogP contribution in [-0.2, 0) is 11.3 Å². The fraction of sp³-hybridized carbons (Fsp3) is 0.231. The van der Waals surface area contributed by atoms with Gasteiger partial charge in [-0.15, -0.1) is 0 Å².